The van der Waals surface area contributed by atoms with Gasteiger partial charge in [-0.2, -0.15) is 5.10 Å². The molecule has 0 atom stereocenters. The topological polar surface area (TPSA) is 50.7 Å². The average molecular weight is 336 g/mol. The fourth-order valence-electron chi connectivity index (χ4n) is 2.19. The Morgan fingerprint density at radius 1 is 1.12 bits per heavy atom. The van der Waals surface area contributed by atoms with Gasteiger partial charge in [0.2, 0.25) is 0 Å². The number of hydrogen-bond acceptors (Lipinski definition) is 3. The number of nitrogens with one attached hydrogen (secondary N) is 1. The fourth-order valence-corrected chi connectivity index (χ4v) is 2.19. The largest absolute Gasteiger partial charge is 0.484 e. The zero-order chi connectivity index (χ0) is 17.9. The maximum Gasteiger partial charge on any atom is 0.277 e. The van der Waals surface area contributed by atoms with Gasteiger partial charge in [-0.1, -0.05) is 61.9 Å². The van der Waals surface area contributed by atoms with Crippen molar-refractivity contribution in [2.75, 3.05) is 6.61 Å². The van der Waals surface area contributed by atoms with Gasteiger partial charge >= 0.3 is 0 Å². The van der Waals surface area contributed by atoms with E-state index in [0.717, 1.165) is 18.4 Å². The first-order valence-electron chi connectivity index (χ1n) is 8.45. The number of hydrogen-bond donors (Lipinski definition) is 1. The maximum absolute atomic E-state index is 11.8. The highest BCUT2D eigenvalue weighted by molar-refractivity contribution is 5.97. The molecule has 2 rings (SSSR count). The molecule has 4 heteroatoms. The molecule has 0 aromatic heterocycles. The third-order valence-electron chi connectivity index (χ3n) is 3.51. The molecule has 1 amide bonds. The van der Waals surface area contributed by atoms with Crippen LogP contribution in [0.5, 0.6) is 5.75 Å². The van der Waals surface area contributed by atoms with E-state index in [2.05, 4.69) is 17.5 Å². The monoisotopic (exact) mass is 336 g/mol. The van der Waals surface area contributed by atoms with Crippen LogP contribution in [0, 0.1) is 0 Å². The normalized spacial score (nSPS) is 11.5. The molecule has 0 spiro atoms. The van der Waals surface area contributed by atoms with Gasteiger partial charge in [-0.05, 0) is 42.7 Å². The molecule has 0 saturated carbocycles. The molecule has 25 heavy (non-hydrogen) atoms. The molecule has 0 heterocycles. The summed E-state index contributed by atoms with van der Waals surface area (Å²) < 4.78 is 5.46. The van der Waals surface area contributed by atoms with Gasteiger partial charge < -0.3 is 4.74 Å². The van der Waals surface area contributed by atoms with Crippen molar-refractivity contribution in [3.8, 4) is 5.75 Å². The quantitative estimate of drug-likeness (QED) is 0.579. The van der Waals surface area contributed by atoms with Crippen LogP contribution in [-0.4, -0.2) is 18.2 Å². The number of ether oxygens (including phenoxy) is 1. The van der Waals surface area contributed by atoms with Crippen LogP contribution in [0.4, 0.5) is 0 Å². The van der Waals surface area contributed by atoms with Gasteiger partial charge in [0, 0.05) is 0 Å². The van der Waals surface area contributed by atoms with Crippen molar-refractivity contribution >= 4 is 17.7 Å². The van der Waals surface area contributed by atoms with E-state index in [1.807, 2.05) is 73.7 Å². The van der Waals surface area contributed by atoms with Gasteiger partial charge in [-0.15, -0.1) is 0 Å². The summed E-state index contributed by atoms with van der Waals surface area (Å²) in [4.78, 5) is 11.8. The number of hydrazone groups is 1. The van der Waals surface area contributed by atoms with Gasteiger partial charge in [0.15, 0.2) is 6.61 Å². The molecule has 0 saturated heterocycles. The van der Waals surface area contributed by atoms with Crippen LogP contribution >= 0.6 is 0 Å². The van der Waals surface area contributed by atoms with E-state index in [1.54, 1.807) is 0 Å². The Kier molecular flexibility index (Phi) is 7.44. The van der Waals surface area contributed by atoms with E-state index in [0.29, 0.717) is 11.5 Å². The predicted octanol–water partition coefficient (Wildman–Crippen LogP) is 4.22. The molecule has 0 aliphatic rings. The molecule has 2 aromatic carbocycles. The molecule has 0 aliphatic heterocycles. The van der Waals surface area contributed by atoms with Crippen LogP contribution in [0.3, 0.4) is 0 Å². The standard InChI is InChI=1S/C21H24N2O2/c1-3-7-18-12-14-20(15-13-18)25-16-21(24)23-22-17(2)10-11-19-8-5-4-6-9-19/h4-6,8-15H,3,7,16H2,1-2H3,(H,23,24). The second-order valence-corrected chi connectivity index (χ2v) is 5.71. The van der Waals surface area contributed by atoms with Crippen LogP contribution in [0.25, 0.3) is 6.08 Å². The molecule has 0 aliphatic carbocycles. The summed E-state index contributed by atoms with van der Waals surface area (Å²) in [6.07, 6.45) is 5.95. The second-order valence-electron chi connectivity index (χ2n) is 5.71. The first-order valence-corrected chi connectivity index (χ1v) is 8.45. The molecule has 130 valence electrons. The number of benzene rings is 2. The lowest BCUT2D eigenvalue weighted by molar-refractivity contribution is -0.123. The Hall–Kier alpha value is -2.88. The molecule has 0 bridgehead atoms. The molecule has 1 N–H and O–H groups in total. The summed E-state index contributed by atoms with van der Waals surface area (Å²) in [5, 5.41) is 4.04. The summed E-state index contributed by atoms with van der Waals surface area (Å²) in [5.41, 5.74) is 5.55. The highest BCUT2D eigenvalue weighted by Gasteiger charge is 2.02. The van der Waals surface area contributed by atoms with Crippen molar-refractivity contribution in [3.63, 3.8) is 0 Å². The Balaban J connectivity index is 1.76. The summed E-state index contributed by atoms with van der Waals surface area (Å²) in [7, 11) is 0. The van der Waals surface area contributed by atoms with Gasteiger partial charge in [0.05, 0.1) is 5.71 Å². The number of allylic oxidation sites excluding steroid dienone is 1. The summed E-state index contributed by atoms with van der Waals surface area (Å²) in [5.74, 6) is 0.393. The van der Waals surface area contributed by atoms with Crippen molar-refractivity contribution < 1.29 is 9.53 Å². The Morgan fingerprint density at radius 3 is 2.52 bits per heavy atom. The Labute approximate surface area is 149 Å². The number of carbonyl (C=O) groups excluding carboxylic acids is 1. The number of aryl methyl sites for hydroxylation is 1. The van der Waals surface area contributed by atoms with E-state index >= 15 is 0 Å². The summed E-state index contributed by atoms with van der Waals surface area (Å²) >= 11 is 0. The number of nitrogens with zero attached hydrogens (tertiary/aromatic N) is 1. The van der Waals surface area contributed by atoms with Crippen molar-refractivity contribution in [2.45, 2.75) is 26.7 Å². The summed E-state index contributed by atoms with van der Waals surface area (Å²) in [6.45, 7) is 3.91. The molecular formula is C21H24N2O2. The highest BCUT2D eigenvalue weighted by atomic mass is 16.5. The number of carbonyl (C=O) groups is 1. The number of amides is 1. The molecule has 4 nitrogen and oxygen atoms in total. The maximum atomic E-state index is 11.8. The summed E-state index contributed by atoms with van der Waals surface area (Å²) in [6, 6.07) is 17.7. The second kappa shape index (κ2) is 10.1. The molecule has 0 fully saturated rings. The van der Waals surface area contributed by atoms with Gasteiger partial charge in [0.1, 0.15) is 5.75 Å². The van der Waals surface area contributed by atoms with Crippen LogP contribution in [0.15, 0.2) is 65.8 Å². The van der Waals surface area contributed by atoms with E-state index in [4.69, 9.17) is 4.74 Å². The van der Waals surface area contributed by atoms with E-state index in [1.165, 1.54) is 5.56 Å². The SMILES string of the molecule is CCCc1ccc(OCC(=O)NN=C(C)C=Cc2ccccc2)cc1. The lowest BCUT2D eigenvalue weighted by Gasteiger charge is -2.06. The minimum Gasteiger partial charge on any atom is -0.484 e. The average Bonchev–Trinajstić information content (AvgIpc) is 2.65. The van der Waals surface area contributed by atoms with Gasteiger partial charge in [-0.25, -0.2) is 5.43 Å². The van der Waals surface area contributed by atoms with Crippen LogP contribution < -0.4 is 10.2 Å². The van der Waals surface area contributed by atoms with Crippen molar-refractivity contribution in [1.82, 2.24) is 5.43 Å². The minimum atomic E-state index is -0.287. The molecular weight excluding hydrogens is 312 g/mol. The molecule has 2 aromatic rings. The molecule has 0 radical (unpaired) electrons. The van der Waals surface area contributed by atoms with E-state index in [9.17, 15) is 4.79 Å². The van der Waals surface area contributed by atoms with Crippen LogP contribution in [-0.2, 0) is 11.2 Å². The van der Waals surface area contributed by atoms with E-state index in [-0.39, 0.29) is 12.5 Å². The van der Waals surface area contributed by atoms with Crippen molar-refractivity contribution in [3.05, 3.63) is 71.8 Å². The Bertz CT molecular complexity index is 719. The van der Waals surface area contributed by atoms with Gasteiger partial charge in [-0.3, -0.25) is 4.79 Å². The lowest BCUT2D eigenvalue weighted by Crippen LogP contribution is -2.25. The number of rotatable bonds is 8. The zero-order valence-electron chi connectivity index (χ0n) is 14.7. The zero-order valence-corrected chi connectivity index (χ0v) is 14.7. The first-order chi connectivity index (χ1) is 12.2. The van der Waals surface area contributed by atoms with Gasteiger partial charge in [0.25, 0.3) is 5.91 Å². The van der Waals surface area contributed by atoms with Crippen molar-refractivity contribution in [2.24, 2.45) is 5.10 Å². The molecule has 0 unspecified atom stereocenters. The van der Waals surface area contributed by atoms with E-state index < -0.39 is 0 Å². The third kappa shape index (κ3) is 7.04. The highest BCUT2D eigenvalue weighted by Crippen LogP contribution is 2.13. The van der Waals surface area contributed by atoms with Crippen LogP contribution in [0.2, 0.25) is 0 Å². The Morgan fingerprint density at radius 2 is 1.84 bits per heavy atom. The smallest absolute Gasteiger partial charge is 0.277 e. The lowest BCUT2D eigenvalue weighted by atomic mass is 10.1. The van der Waals surface area contributed by atoms with Crippen molar-refractivity contribution in [1.29, 1.82) is 0 Å². The third-order valence-corrected chi connectivity index (χ3v) is 3.51. The fraction of sp³-hybridized carbons (Fsp3) is 0.238. The van der Waals surface area contributed by atoms with Crippen LogP contribution in [0.1, 0.15) is 31.4 Å². The minimum absolute atomic E-state index is 0.0632. The first kappa shape index (κ1) is 18.5. The predicted molar refractivity (Wildman–Crippen MR) is 103 cm³/mol.